The summed E-state index contributed by atoms with van der Waals surface area (Å²) in [6, 6.07) is 0.355. The smallest absolute Gasteiger partial charge is 0.410 e. The Morgan fingerprint density at radius 3 is 2.75 bits per heavy atom. The van der Waals surface area contributed by atoms with Crippen LogP contribution in [0.5, 0.6) is 0 Å². The number of likely N-dealkylation sites (tertiary alicyclic amines) is 1. The first-order valence-electron chi connectivity index (χ1n) is 6.14. The molecule has 4 heteroatoms. The third kappa shape index (κ3) is 2.17. The van der Waals surface area contributed by atoms with Crippen LogP contribution in [0.1, 0.15) is 33.6 Å². The predicted molar refractivity (Wildman–Crippen MR) is 62.0 cm³/mol. The highest BCUT2D eigenvalue weighted by Gasteiger charge is 2.55. The van der Waals surface area contributed by atoms with E-state index >= 15 is 0 Å². The lowest BCUT2D eigenvalue weighted by molar-refractivity contribution is 0.0188. The zero-order chi connectivity index (χ0) is 11.9. The summed E-state index contributed by atoms with van der Waals surface area (Å²) < 4.78 is 5.41. The van der Waals surface area contributed by atoms with Crippen LogP contribution < -0.4 is 5.73 Å². The van der Waals surface area contributed by atoms with E-state index in [1.165, 1.54) is 6.42 Å². The molecule has 2 rings (SSSR count). The third-order valence-corrected chi connectivity index (χ3v) is 3.48. The fourth-order valence-corrected chi connectivity index (χ4v) is 2.77. The number of amides is 1. The van der Waals surface area contributed by atoms with Gasteiger partial charge in [0.2, 0.25) is 0 Å². The lowest BCUT2D eigenvalue weighted by Crippen LogP contribution is -2.41. The first-order chi connectivity index (χ1) is 7.44. The van der Waals surface area contributed by atoms with Gasteiger partial charge in [-0.05, 0) is 52.0 Å². The van der Waals surface area contributed by atoms with Crippen LogP contribution in [0, 0.1) is 11.8 Å². The summed E-state index contributed by atoms with van der Waals surface area (Å²) in [5, 5.41) is 0. The Balaban J connectivity index is 1.97. The van der Waals surface area contributed by atoms with E-state index in [9.17, 15) is 4.79 Å². The van der Waals surface area contributed by atoms with Gasteiger partial charge in [0.05, 0.1) is 0 Å². The Labute approximate surface area is 97.1 Å². The third-order valence-electron chi connectivity index (χ3n) is 3.48. The molecule has 0 aromatic heterocycles. The van der Waals surface area contributed by atoms with E-state index in [4.69, 9.17) is 10.5 Å². The van der Waals surface area contributed by atoms with Crippen LogP contribution in [0.25, 0.3) is 0 Å². The van der Waals surface area contributed by atoms with E-state index in [0.29, 0.717) is 24.4 Å². The molecule has 1 saturated heterocycles. The second kappa shape index (κ2) is 3.91. The molecule has 4 nitrogen and oxygen atoms in total. The fourth-order valence-electron chi connectivity index (χ4n) is 2.77. The highest BCUT2D eigenvalue weighted by Crippen LogP contribution is 2.48. The quantitative estimate of drug-likeness (QED) is 0.738. The molecule has 2 aliphatic rings. The summed E-state index contributed by atoms with van der Waals surface area (Å²) in [7, 11) is 0. The van der Waals surface area contributed by atoms with Gasteiger partial charge in [0.1, 0.15) is 5.60 Å². The molecular formula is C12H22N2O2. The van der Waals surface area contributed by atoms with Crippen molar-refractivity contribution in [2.75, 3.05) is 13.1 Å². The summed E-state index contributed by atoms with van der Waals surface area (Å²) >= 11 is 0. The SMILES string of the molecule is CC(C)(C)OC(=O)N1CCC[C@@H]2C(CN)[C@@H]21. The molecule has 1 aliphatic heterocycles. The van der Waals surface area contributed by atoms with Crippen molar-refractivity contribution in [2.24, 2.45) is 17.6 Å². The number of piperidine rings is 1. The number of nitrogens with zero attached hydrogens (tertiary/aromatic N) is 1. The van der Waals surface area contributed by atoms with Gasteiger partial charge in [0.15, 0.2) is 0 Å². The molecule has 0 aromatic rings. The maximum atomic E-state index is 12.0. The van der Waals surface area contributed by atoms with E-state index in [-0.39, 0.29) is 6.09 Å². The van der Waals surface area contributed by atoms with Gasteiger partial charge in [-0.2, -0.15) is 0 Å². The number of fused-ring (bicyclic) bond motifs is 1. The number of carbonyl (C=O) groups excluding carboxylic acids is 1. The van der Waals surface area contributed by atoms with Crippen molar-refractivity contribution in [3.8, 4) is 0 Å². The monoisotopic (exact) mass is 226 g/mol. The van der Waals surface area contributed by atoms with Gasteiger partial charge in [0, 0.05) is 12.6 Å². The molecule has 1 amide bonds. The second-order valence-corrected chi connectivity index (χ2v) is 5.87. The average Bonchev–Trinajstić information content (AvgIpc) is 2.87. The zero-order valence-corrected chi connectivity index (χ0v) is 10.4. The molecule has 0 radical (unpaired) electrons. The number of nitrogens with two attached hydrogens (primary N) is 1. The number of rotatable bonds is 1. The molecule has 0 bridgehead atoms. The van der Waals surface area contributed by atoms with Crippen molar-refractivity contribution < 1.29 is 9.53 Å². The summed E-state index contributed by atoms with van der Waals surface area (Å²) in [5.74, 6) is 1.14. The molecular weight excluding hydrogens is 204 g/mol. The normalized spacial score (nSPS) is 33.2. The highest BCUT2D eigenvalue weighted by molar-refractivity contribution is 5.69. The van der Waals surface area contributed by atoms with Crippen molar-refractivity contribution in [1.82, 2.24) is 4.90 Å². The van der Waals surface area contributed by atoms with Crippen molar-refractivity contribution in [1.29, 1.82) is 0 Å². The second-order valence-electron chi connectivity index (χ2n) is 5.87. The Morgan fingerprint density at radius 2 is 2.19 bits per heavy atom. The first-order valence-corrected chi connectivity index (χ1v) is 6.14. The summed E-state index contributed by atoms with van der Waals surface area (Å²) in [4.78, 5) is 13.9. The van der Waals surface area contributed by atoms with Gasteiger partial charge >= 0.3 is 6.09 Å². The van der Waals surface area contributed by atoms with Crippen molar-refractivity contribution >= 4 is 6.09 Å². The minimum atomic E-state index is -0.406. The fraction of sp³-hybridized carbons (Fsp3) is 0.917. The predicted octanol–water partition coefficient (Wildman–Crippen LogP) is 1.59. The molecule has 1 saturated carbocycles. The lowest BCUT2D eigenvalue weighted by Gasteiger charge is -2.30. The molecule has 16 heavy (non-hydrogen) atoms. The number of carbonyl (C=O) groups is 1. The van der Waals surface area contributed by atoms with Crippen LogP contribution >= 0.6 is 0 Å². The van der Waals surface area contributed by atoms with Gasteiger partial charge in [-0.1, -0.05) is 0 Å². The molecule has 2 N–H and O–H groups in total. The van der Waals surface area contributed by atoms with Crippen LogP contribution in [0.2, 0.25) is 0 Å². The molecule has 0 aromatic carbocycles. The standard InChI is InChI=1S/C12H22N2O2/c1-12(2,3)16-11(15)14-6-4-5-8-9(7-13)10(8)14/h8-10H,4-7,13H2,1-3H3/t8-,9?,10-/m1/s1. The van der Waals surface area contributed by atoms with Gasteiger partial charge in [-0.25, -0.2) is 4.79 Å². The van der Waals surface area contributed by atoms with E-state index in [1.54, 1.807) is 0 Å². The Morgan fingerprint density at radius 1 is 1.50 bits per heavy atom. The van der Waals surface area contributed by atoms with Crippen LogP contribution in [0.4, 0.5) is 4.79 Å². The zero-order valence-electron chi connectivity index (χ0n) is 10.4. The summed E-state index contributed by atoms with van der Waals surface area (Å²) in [5.41, 5.74) is 5.30. The highest BCUT2D eigenvalue weighted by atomic mass is 16.6. The van der Waals surface area contributed by atoms with Gasteiger partial charge in [-0.15, -0.1) is 0 Å². The van der Waals surface area contributed by atoms with Crippen molar-refractivity contribution in [3.63, 3.8) is 0 Å². The Bertz CT molecular complexity index is 281. The number of hydrogen-bond donors (Lipinski definition) is 1. The van der Waals surface area contributed by atoms with Crippen LogP contribution in [0.3, 0.4) is 0 Å². The van der Waals surface area contributed by atoms with E-state index in [2.05, 4.69) is 0 Å². The molecule has 0 spiro atoms. The largest absolute Gasteiger partial charge is 0.444 e. The minimum absolute atomic E-state index is 0.168. The Hall–Kier alpha value is -0.770. The van der Waals surface area contributed by atoms with Gasteiger partial charge in [0.25, 0.3) is 0 Å². The Kier molecular flexibility index (Phi) is 2.86. The molecule has 3 atom stereocenters. The van der Waals surface area contributed by atoms with E-state index in [1.807, 2.05) is 25.7 Å². The molecule has 2 fully saturated rings. The topological polar surface area (TPSA) is 55.6 Å². The van der Waals surface area contributed by atoms with Crippen molar-refractivity contribution in [2.45, 2.75) is 45.3 Å². The summed E-state index contributed by atoms with van der Waals surface area (Å²) in [6.07, 6.45) is 2.13. The van der Waals surface area contributed by atoms with Crippen LogP contribution in [0.15, 0.2) is 0 Å². The van der Waals surface area contributed by atoms with Gasteiger partial charge in [-0.3, -0.25) is 0 Å². The number of ether oxygens (including phenoxy) is 1. The van der Waals surface area contributed by atoms with E-state index < -0.39 is 5.60 Å². The minimum Gasteiger partial charge on any atom is -0.444 e. The van der Waals surface area contributed by atoms with Crippen molar-refractivity contribution in [3.05, 3.63) is 0 Å². The first kappa shape index (κ1) is 11.7. The molecule has 92 valence electrons. The van der Waals surface area contributed by atoms with Crippen LogP contribution in [-0.2, 0) is 4.74 Å². The number of hydrogen-bond acceptors (Lipinski definition) is 3. The lowest BCUT2D eigenvalue weighted by atomic mass is 10.1. The average molecular weight is 226 g/mol. The molecule has 1 heterocycles. The van der Waals surface area contributed by atoms with Crippen LogP contribution in [-0.4, -0.2) is 35.7 Å². The summed E-state index contributed by atoms with van der Waals surface area (Å²) in [6.45, 7) is 7.22. The molecule has 1 aliphatic carbocycles. The van der Waals surface area contributed by atoms with E-state index in [0.717, 1.165) is 13.0 Å². The maximum absolute atomic E-state index is 12.0. The molecule has 1 unspecified atom stereocenters. The van der Waals surface area contributed by atoms with Gasteiger partial charge < -0.3 is 15.4 Å². The maximum Gasteiger partial charge on any atom is 0.410 e.